The summed E-state index contributed by atoms with van der Waals surface area (Å²) in [7, 11) is 1.20. The molecule has 0 aliphatic heterocycles. The number of carbonyl (C=O) groups is 1. The predicted molar refractivity (Wildman–Crippen MR) is 75.3 cm³/mol. The highest BCUT2D eigenvalue weighted by atomic mass is 19.1. The Balaban J connectivity index is 2.92. The first kappa shape index (κ1) is 14.0. The van der Waals surface area contributed by atoms with Crippen LogP contribution in [-0.4, -0.2) is 17.6 Å². The van der Waals surface area contributed by atoms with Gasteiger partial charge in [0.25, 0.3) is 0 Å². The number of benzene rings is 1. The zero-order valence-corrected chi connectivity index (χ0v) is 11.3. The van der Waals surface area contributed by atoms with Crippen LogP contribution in [0.2, 0.25) is 0 Å². The van der Waals surface area contributed by atoms with Crippen molar-refractivity contribution < 1.29 is 13.9 Å². The summed E-state index contributed by atoms with van der Waals surface area (Å²) in [6, 6.07) is 2.68. The van der Waals surface area contributed by atoms with Crippen LogP contribution in [-0.2, 0) is 11.3 Å². The third-order valence-electron chi connectivity index (χ3n) is 3.16. The highest BCUT2D eigenvalue weighted by Crippen LogP contribution is 2.19. The second-order valence-electron chi connectivity index (χ2n) is 4.24. The number of pyridine rings is 1. The van der Waals surface area contributed by atoms with E-state index in [1.807, 2.05) is 6.92 Å². The summed E-state index contributed by atoms with van der Waals surface area (Å²) in [5.74, 6) is -1.28. The second-order valence-corrected chi connectivity index (χ2v) is 4.24. The number of hydrogen-bond acceptors (Lipinski definition) is 3. The van der Waals surface area contributed by atoms with Gasteiger partial charge in [-0.25, -0.2) is 9.18 Å². The molecule has 1 heterocycles. The highest BCUT2D eigenvalue weighted by molar-refractivity contribution is 5.94. The van der Waals surface area contributed by atoms with Crippen molar-refractivity contribution in [1.29, 1.82) is 0 Å². The van der Waals surface area contributed by atoms with Gasteiger partial charge in [0.1, 0.15) is 11.4 Å². The number of ether oxygens (including phenoxy) is 1. The van der Waals surface area contributed by atoms with Gasteiger partial charge in [0.2, 0.25) is 5.43 Å². The van der Waals surface area contributed by atoms with E-state index in [4.69, 9.17) is 0 Å². The molecule has 20 heavy (non-hydrogen) atoms. The fourth-order valence-electron chi connectivity index (χ4n) is 2.10. The number of hydrogen-bond donors (Lipinski definition) is 0. The molecule has 104 valence electrons. The van der Waals surface area contributed by atoms with Gasteiger partial charge >= 0.3 is 5.97 Å². The van der Waals surface area contributed by atoms with Crippen molar-refractivity contribution in [2.75, 3.05) is 7.11 Å². The Hall–Kier alpha value is -2.43. The molecule has 0 atom stereocenters. The van der Waals surface area contributed by atoms with E-state index in [9.17, 15) is 14.0 Å². The number of carbonyl (C=O) groups excluding carboxylic acids is 1. The minimum atomic E-state index is -0.729. The van der Waals surface area contributed by atoms with Gasteiger partial charge in [-0.2, -0.15) is 0 Å². The molecule has 0 amide bonds. The SMILES string of the molecule is C=Cc1cc2c(cc1F)c(=O)c(C(=O)OC)cn2CC. The number of nitrogens with zero attached hydrogens (tertiary/aromatic N) is 1. The van der Waals surface area contributed by atoms with Gasteiger partial charge in [0, 0.05) is 23.7 Å². The largest absolute Gasteiger partial charge is 0.465 e. The number of aromatic nitrogens is 1. The molecule has 0 spiro atoms. The Labute approximate surface area is 115 Å². The van der Waals surface area contributed by atoms with Gasteiger partial charge in [-0.05, 0) is 19.1 Å². The molecule has 5 heteroatoms. The van der Waals surface area contributed by atoms with Crippen LogP contribution >= 0.6 is 0 Å². The topological polar surface area (TPSA) is 48.3 Å². The van der Waals surface area contributed by atoms with Crippen molar-refractivity contribution in [3.8, 4) is 0 Å². The van der Waals surface area contributed by atoms with Crippen LogP contribution in [0, 0.1) is 5.82 Å². The van der Waals surface area contributed by atoms with E-state index in [1.54, 1.807) is 10.6 Å². The van der Waals surface area contributed by atoms with E-state index < -0.39 is 17.2 Å². The average Bonchev–Trinajstić information content (AvgIpc) is 2.47. The van der Waals surface area contributed by atoms with Crippen LogP contribution in [0.3, 0.4) is 0 Å². The maximum absolute atomic E-state index is 13.8. The van der Waals surface area contributed by atoms with Crippen LogP contribution in [0.15, 0.2) is 29.7 Å². The van der Waals surface area contributed by atoms with Crippen LogP contribution in [0.5, 0.6) is 0 Å². The van der Waals surface area contributed by atoms with Gasteiger partial charge in [0.05, 0.1) is 12.6 Å². The number of esters is 1. The fourth-order valence-corrected chi connectivity index (χ4v) is 2.10. The average molecular weight is 275 g/mol. The first-order valence-electron chi connectivity index (χ1n) is 6.11. The molecule has 0 saturated heterocycles. The molecule has 0 aliphatic rings. The molecule has 2 rings (SSSR count). The van der Waals surface area contributed by atoms with E-state index in [2.05, 4.69) is 11.3 Å². The molecule has 0 radical (unpaired) electrons. The normalized spacial score (nSPS) is 10.6. The first-order valence-corrected chi connectivity index (χ1v) is 6.11. The number of aryl methyl sites for hydroxylation is 1. The lowest BCUT2D eigenvalue weighted by molar-refractivity contribution is 0.0598. The zero-order valence-electron chi connectivity index (χ0n) is 11.3. The van der Waals surface area contributed by atoms with Gasteiger partial charge in [0.15, 0.2) is 0 Å². The first-order chi connectivity index (χ1) is 9.53. The van der Waals surface area contributed by atoms with Crippen molar-refractivity contribution in [3.05, 3.63) is 52.1 Å². The third-order valence-corrected chi connectivity index (χ3v) is 3.16. The second kappa shape index (κ2) is 5.28. The maximum atomic E-state index is 13.8. The van der Waals surface area contributed by atoms with Crippen molar-refractivity contribution >= 4 is 22.9 Å². The minimum absolute atomic E-state index is 0.104. The Morgan fingerprint density at radius 1 is 1.50 bits per heavy atom. The molecule has 1 aromatic heterocycles. The molecule has 0 saturated carbocycles. The molecule has 0 N–H and O–H groups in total. The molecule has 4 nitrogen and oxygen atoms in total. The molecule has 0 fully saturated rings. The van der Waals surface area contributed by atoms with E-state index in [1.165, 1.54) is 19.4 Å². The molecular formula is C15H14FNO3. The summed E-state index contributed by atoms with van der Waals surface area (Å²) in [5, 5.41) is 0.151. The lowest BCUT2D eigenvalue weighted by Gasteiger charge is -2.12. The predicted octanol–water partition coefficient (Wildman–Crippen LogP) is 2.59. The van der Waals surface area contributed by atoms with E-state index in [0.29, 0.717) is 17.6 Å². The summed E-state index contributed by atoms with van der Waals surface area (Å²) in [5.41, 5.74) is 0.227. The smallest absolute Gasteiger partial charge is 0.343 e. The standard InChI is InChI=1S/C15H14FNO3/c1-4-9-6-13-10(7-12(9)16)14(18)11(15(19)20-3)8-17(13)5-2/h4,6-8H,1,5H2,2-3H3. The Kier molecular flexibility index (Phi) is 3.70. The lowest BCUT2D eigenvalue weighted by atomic mass is 10.1. The van der Waals surface area contributed by atoms with Crippen LogP contribution in [0.25, 0.3) is 17.0 Å². The van der Waals surface area contributed by atoms with Crippen molar-refractivity contribution in [2.45, 2.75) is 13.5 Å². The zero-order chi connectivity index (χ0) is 14.9. The van der Waals surface area contributed by atoms with Gasteiger partial charge < -0.3 is 9.30 Å². The van der Waals surface area contributed by atoms with E-state index >= 15 is 0 Å². The molecular weight excluding hydrogens is 261 g/mol. The number of halogens is 1. The molecule has 1 aromatic carbocycles. The molecule has 0 bridgehead atoms. The highest BCUT2D eigenvalue weighted by Gasteiger charge is 2.16. The Morgan fingerprint density at radius 2 is 2.20 bits per heavy atom. The number of fused-ring (bicyclic) bond motifs is 1. The van der Waals surface area contributed by atoms with Gasteiger partial charge in [-0.1, -0.05) is 12.7 Å². The number of methoxy groups -OCH3 is 1. The summed E-state index contributed by atoms with van der Waals surface area (Å²) < 4.78 is 20.1. The number of rotatable bonds is 3. The van der Waals surface area contributed by atoms with Crippen molar-refractivity contribution in [1.82, 2.24) is 4.57 Å². The Morgan fingerprint density at radius 3 is 2.75 bits per heavy atom. The maximum Gasteiger partial charge on any atom is 0.343 e. The lowest BCUT2D eigenvalue weighted by Crippen LogP contribution is -2.20. The molecule has 0 unspecified atom stereocenters. The molecule has 0 aliphatic carbocycles. The van der Waals surface area contributed by atoms with Gasteiger partial charge in [-0.15, -0.1) is 0 Å². The monoisotopic (exact) mass is 275 g/mol. The van der Waals surface area contributed by atoms with Crippen LogP contribution in [0.4, 0.5) is 4.39 Å². The van der Waals surface area contributed by atoms with E-state index in [-0.39, 0.29) is 10.9 Å². The minimum Gasteiger partial charge on any atom is -0.465 e. The fraction of sp³-hybridized carbons (Fsp3) is 0.200. The third kappa shape index (κ3) is 2.11. The van der Waals surface area contributed by atoms with Crippen molar-refractivity contribution in [2.24, 2.45) is 0 Å². The summed E-state index contributed by atoms with van der Waals surface area (Å²) in [6.07, 6.45) is 2.81. The summed E-state index contributed by atoms with van der Waals surface area (Å²) in [6.45, 7) is 5.93. The quantitative estimate of drug-likeness (QED) is 0.809. The van der Waals surface area contributed by atoms with E-state index in [0.717, 1.165) is 6.07 Å². The van der Waals surface area contributed by atoms with Gasteiger partial charge in [-0.3, -0.25) is 4.79 Å². The summed E-state index contributed by atoms with van der Waals surface area (Å²) >= 11 is 0. The Bertz CT molecular complexity index is 762. The summed E-state index contributed by atoms with van der Waals surface area (Å²) in [4.78, 5) is 23.9. The van der Waals surface area contributed by atoms with Crippen LogP contribution < -0.4 is 5.43 Å². The van der Waals surface area contributed by atoms with Crippen LogP contribution in [0.1, 0.15) is 22.8 Å². The molecule has 2 aromatic rings. The van der Waals surface area contributed by atoms with Crippen molar-refractivity contribution in [3.63, 3.8) is 0 Å².